The maximum atomic E-state index is 14.3. The van der Waals surface area contributed by atoms with Gasteiger partial charge in [-0.15, -0.1) is 10.2 Å². The van der Waals surface area contributed by atoms with Crippen LogP contribution in [0.3, 0.4) is 0 Å². The van der Waals surface area contributed by atoms with Crippen LogP contribution < -0.4 is 10.6 Å². The average Bonchev–Trinajstić information content (AvgIpc) is 2.96. The van der Waals surface area contributed by atoms with Gasteiger partial charge in [0.2, 0.25) is 17.2 Å². The van der Waals surface area contributed by atoms with E-state index in [0.717, 1.165) is 23.8 Å². The van der Waals surface area contributed by atoms with Crippen LogP contribution in [-0.2, 0) is 30.4 Å². The molecule has 0 aliphatic heterocycles. The molecule has 0 saturated carbocycles. The van der Waals surface area contributed by atoms with Gasteiger partial charge in [-0.3, -0.25) is 13.7 Å². The molecule has 0 atom stereocenters. The molecule has 4 aromatic carbocycles. The molecule has 0 radical (unpaired) electrons. The molecule has 0 unspecified atom stereocenters. The number of aromatic nitrogens is 3. The lowest BCUT2D eigenvalue weighted by atomic mass is 10.1. The van der Waals surface area contributed by atoms with Gasteiger partial charge in [0.15, 0.2) is 5.75 Å². The first kappa shape index (κ1) is 35.4. The predicted octanol–water partition coefficient (Wildman–Crippen LogP) is 5.78. The molecule has 0 saturated heterocycles. The quantitative estimate of drug-likeness (QED) is 0.0769. The smallest absolute Gasteiger partial charge is 0.296 e. The molecule has 22 heteroatoms. The minimum Gasteiger partial charge on any atom is -0.505 e. The van der Waals surface area contributed by atoms with E-state index in [1.54, 1.807) is 18.2 Å². The Kier molecular flexibility index (Phi) is 9.29. The van der Waals surface area contributed by atoms with Crippen molar-refractivity contribution in [3.05, 3.63) is 76.8 Å². The first-order chi connectivity index (χ1) is 22.7. The van der Waals surface area contributed by atoms with E-state index in [4.69, 9.17) is 11.6 Å². The maximum absolute atomic E-state index is 14.3. The summed E-state index contributed by atoms with van der Waals surface area (Å²) in [7, 11) is -15.3. The van der Waals surface area contributed by atoms with E-state index in [-0.39, 0.29) is 22.7 Å². The second-order valence-corrected chi connectivity index (χ2v) is 14.7. The number of hydrogen-bond donors (Lipinski definition) is 6. The highest BCUT2D eigenvalue weighted by Crippen LogP contribution is 2.46. The van der Waals surface area contributed by atoms with Crippen molar-refractivity contribution < 1.29 is 48.4 Å². The summed E-state index contributed by atoms with van der Waals surface area (Å²) in [6, 6.07) is 10.6. The summed E-state index contributed by atoms with van der Waals surface area (Å²) in [5, 5.41) is 22.8. The monoisotopic (exact) mass is 753 g/mol. The van der Waals surface area contributed by atoms with E-state index in [1.807, 2.05) is 13.0 Å². The van der Waals surface area contributed by atoms with Gasteiger partial charge in [0.05, 0.1) is 10.6 Å². The summed E-state index contributed by atoms with van der Waals surface area (Å²) >= 11 is 6.09. The number of fused-ring (bicyclic) bond motifs is 1. The van der Waals surface area contributed by atoms with Crippen molar-refractivity contribution in [3.8, 4) is 5.75 Å². The van der Waals surface area contributed by atoms with Gasteiger partial charge in [-0.05, 0) is 78.4 Å². The van der Waals surface area contributed by atoms with Gasteiger partial charge in [-0.25, -0.2) is 4.39 Å². The molecule has 0 aliphatic carbocycles. The Labute approximate surface area is 281 Å². The Hall–Kier alpha value is -4.90. The van der Waals surface area contributed by atoms with Crippen LogP contribution in [0.5, 0.6) is 5.75 Å². The zero-order valence-electron chi connectivity index (χ0n) is 24.7. The lowest BCUT2D eigenvalue weighted by molar-refractivity contribution is 0.472. The lowest BCUT2D eigenvalue weighted by Crippen LogP contribution is -2.06. The number of benzene rings is 4. The molecular weight excluding hydrogens is 733 g/mol. The topological polar surface area (TPSA) is 271 Å². The standard InChI is InChI=1S/C27H21ClFN7O10S3/c1-12-4-3-5-15(6-12)30-26-32-25(28)33-27(34-26)31-19-10-16(47(38,39)40)8-14-9-21(49(44,45)46)23(24(37)22(14)19)36-35-18-11-17(29)13(2)7-20(18)48(41,42)43/h3-11,37H,1-2H3,(H,38,39,40)(H,41,42,43)(H,44,45,46)(H2,30,31,32,33,34). The fourth-order valence-corrected chi connectivity index (χ4v) is 6.52. The van der Waals surface area contributed by atoms with Gasteiger partial charge in [0.25, 0.3) is 30.4 Å². The highest BCUT2D eigenvalue weighted by molar-refractivity contribution is 7.86. The molecule has 0 amide bonds. The van der Waals surface area contributed by atoms with E-state index in [0.29, 0.717) is 17.8 Å². The van der Waals surface area contributed by atoms with Gasteiger partial charge < -0.3 is 15.7 Å². The van der Waals surface area contributed by atoms with Crippen molar-refractivity contribution in [2.45, 2.75) is 28.5 Å². The Bertz CT molecular complexity index is 2560. The van der Waals surface area contributed by atoms with Crippen molar-refractivity contribution in [2.24, 2.45) is 10.2 Å². The number of rotatable bonds is 9. The number of aromatic hydroxyl groups is 1. The molecule has 0 fully saturated rings. The average molecular weight is 754 g/mol. The molecule has 49 heavy (non-hydrogen) atoms. The first-order valence-corrected chi connectivity index (χ1v) is 17.9. The van der Waals surface area contributed by atoms with E-state index in [1.165, 1.54) is 6.92 Å². The molecule has 1 heterocycles. The van der Waals surface area contributed by atoms with Crippen LogP contribution in [0.15, 0.2) is 79.5 Å². The molecular formula is C27H21ClFN7O10S3. The third-order valence-corrected chi connectivity index (χ3v) is 9.35. The van der Waals surface area contributed by atoms with E-state index >= 15 is 0 Å². The second-order valence-electron chi connectivity index (χ2n) is 10.2. The number of anilines is 4. The number of nitrogens with one attached hydrogen (secondary N) is 2. The third-order valence-electron chi connectivity index (χ3n) is 6.60. The Morgan fingerprint density at radius 2 is 1.43 bits per heavy atom. The molecule has 5 aromatic rings. The van der Waals surface area contributed by atoms with E-state index in [2.05, 4.69) is 35.8 Å². The van der Waals surface area contributed by atoms with Gasteiger partial charge in [-0.2, -0.15) is 40.2 Å². The zero-order chi connectivity index (χ0) is 36.1. The Morgan fingerprint density at radius 1 is 0.776 bits per heavy atom. The molecule has 0 aliphatic rings. The number of azo groups is 1. The molecule has 256 valence electrons. The Morgan fingerprint density at radius 3 is 2.04 bits per heavy atom. The molecule has 5 rings (SSSR count). The SMILES string of the molecule is Cc1cccc(Nc2nc(Cl)nc(Nc3cc(S(=O)(=O)O)cc4cc(S(=O)(=O)O)c(N=Nc5cc(F)c(C)cc5S(=O)(=O)O)c(O)c34)n2)c1. The normalized spacial score (nSPS) is 12.5. The van der Waals surface area contributed by atoms with Gasteiger partial charge in [-0.1, -0.05) is 12.1 Å². The van der Waals surface area contributed by atoms with E-state index < -0.39 is 84.4 Å². The summed E-state index contributed by atoms with van der Waals surface area (Å²) < 4.78 is 117. The van der Waals surface area contributed by atoms with Gasteiger partial charge >= 0.3 is 0 Å². The molecule has 1 aromatic heterocycles. The van der Waals surface area contributed by atoms with Crippen LogP contribution in [0.25, 0.3) is 10.8 Å². The largest absolute Gasteiger partial charge is 0.505 e. The third kappa shape index (κ3) is 7.88. The number of aryl methyl sites for hydroxylation is 2. The number of halogens is 2. The van der Waals surface area contributed by atoms with Gasteiger partial charge in [0, 0.05) is 17.1 Å². The molecule has 0 spiro atoms. The summed E-state index contributed by atoms with van der Waals surface area (Å²) in [5.41, 5.74) is -1.01. The predicted molar refractivity (Wildman–Crippen MR) is 173 cm³/mol. The minimum atomic E-state index is -5.32. The maximum Gasteiger partial charge on any atom is 0.296 e. The fourth-order valence-electron chi connectivity index (χ4n) is 4.47. The Balaban J connectivity index is 1.74. The molecule has 0 bridgehead atoms. The van der Waals surface area contributed by atoms with Crippen molar-refractivity contribution in [2.75, 3.05) is 10.6 Å². The number of nitrogens with zero attached hydrogens (tertiary/aromatic N) is 5. The van der Waals surface area contributed by atoms with Crippen molar-refractivity contribution >= 4 is 87.4 Å². The van der Waals surface area contributed by atoms with Crippen LogP contribution in [0, 0.1) is 19.7 Å². The highest BCUT2D eigenvalue weighted by atomic mass is 35.5. The second kappa shape index (κ2) is 12.9. The summed E-state index contributed by atoms with van der Waals surface area (Å²) in [5.74, 6) is -2.53. The number of phenolic OH excluding ortho intramolecular Hbond substituents is 1. The summed E-state index contributed by atoms with van der Waals surface area (Å²) in [6.07, 6.45) is 0. The number of hydrogen-bond acceptors (Lipinski definition) is 14. The van der Waals surface area contributed by atoms with Crippen LogP contribution in [0.4, 0.5) is 39.0 Å². The highest BCUT2D eigenvalue weighted by Gasteiger charge is 2.27. The minimum absolute atomic E-state index is 0.0873. The van der Waals surface area contributed by atoms with Crippen LogP contribution >= 0.6 is 11.6 Å². The van der Waals surface area contributed by atoms with Gasteiger partial charge in [0.1, 0.15) is 27.0 Å². The molecule has 6 N–H and O–H groups in total. The summed E-state index contributed by atoms with van der Waals surface area (Å²) in [4.78, 5) is 9.16. The van der Waals surface area contributed by atoms with Crippen LogP contribution in [0.1, 0.15) is 11.1 Å². The van der Waals surface area contributed by atoms with Crippen LogP contribution in [0.2, 0.25) is 5.28 Å². The van der Waals surface area contributed by atoms with Crippen LogP contribution in [-0.4, -0.2) is 59.0 Å². The van der Waals surface area contributed by atoms with Crippen molar-refractivity contribution in [1.82, 2.24) is 15.0 Å². The first-order valence-electron chi connectivity index (χ1n) is 13.2. The summed E-state index contributed by atoms with van der Waals surface area (Å²) in [6.45, 7) is 3.03. The van der Waals surface area contributed by atoms with Crippen molar-refractivity contribution in [1.29, 1.82) is 0 Å². The fraction of sp³-hybridized carbons (Fsp3) is 0.0741. The number of phenols is 1. The van der Waals surface area contributed by atoms with Crippen molar-refractivity contribution in [3.63, 3.8) is 0 Å². The molecule has 17 nitrogen and oxygen atoms in total. The lowest BCUT2D eigenvalue weighted by Gasteiger charge is -2.15. The zero-order valence-corrected chi connectivity index (χ0v) is 27.9. The van der Waals surface area contributed by atoms with E-state index in [9.17, 15) is 48.4 Å².